The fourth-order valence-electron chi connectivity index (χ4n) is 2.37. The molecule has 0 heterocycles. The van der Waals surface area contributed by atoms with Gasteiger partial charge in [-0.3, -0.25) is 4.79 Å². The predicted octanol–water partition coefficient (Wildman–Crippen LogP) is 2.90. The van der Waals surface area contributed by atoms with Gasteiger partial charge in [0.1, 0.15) is 0 Å². The number of unbranched alkanes of at least 4 members (excludes halogenated alkanes) is 3. The highest BCUT2D eigenvalue weighted by molar-refractivity contribution is 5.75. The van der Waals surface area contributed by atoms with Crippen LogP contribution in [0.5, 0.6) is 0 Å². The molecule has 3 nitrogen and oxygen atoms in total. The monoisotopic (exact) mass is 252 g/mol. The van der Waals surface area contributed by atoms with Crippen LogP contribution in [0.2, 0.25) is 0 Å². The van der Waals surface area contributed by atoms with Crippen molar-refractivity contribution in [1.82, 2.24) is 5.32 Å². The van der Waals surface area contributed by atoms with Crippen molar-refractivity contribution in [2.75, 3.05) is 13.1 Å². The number of amides is 1. The van der Waals surface area contributed by atoms with Gasteiger partial charge in [-0.25, -0.2) is 0 Å². The Balaban J connectivity index is 1.94. The van der Waals surface area contributed by atoms with Gasteiger partial charge in [-0.2, -0.15) is 0 Å². The minimum atomic E-state index is 0.208. The van der Waals surface area contributed by atoms with Gasteiger partial charge in [0.25, 0.3) is 0 Å². The number of hydrogen-bond acceptors (Lipinski definition) is 2. The zero-order valence-corrected chi connectivity index (χ0v) is 11.5. The van der Waals surface area contributed by atoms with Gasteiger partial charge in [0.05, 0.1) is 0 Å². The minimum absolute atomic E-state index is 0.208. The van der Waals surface area contributed by atoms with E-state index < -0.39 is 0 Å². The average molecular weight is 252 g/mol. The van der Waals surface area contributed by atoms with Crippen molar-refractivity contribution in [3.8, 4) is 0 Å². The Morgan fingerprint density at radius 1 is 1.22 bits per heavy atom. The second-order valence-electron chi connectivity index (χ2n) is 5.16. The van der Waals surface area contributed by atoms with Gasteiger partial charge < -0.3 is 11.1 Å². The van der Waals surface area contributed by atoms with Gasteiger partial charge in [-0.15, -0.1) is 0 Å². The summed E-state index contributed by atoms with van der Waals surface area (Å²) in [6.45, 7) is 1.58. The van der Waals surface area contributed by atoms with Crippen LogP contribution < -0.4 is 11.1 Å². The Bertz CT molecular complexity index is 261. The Morgan fingerprint density at radius 3 is 2.78 bits per heavy atom. The summed E-state index contributed by atoms with van der Waals surface area (Å²) in [6.07, 6.45) is 13.5. The van der Waals surface area contributed by atoms with E-state index in [4.69, 9.17) is 5.73 Å². The van der Waals surface area contributed by atoms with Gasteiger partial charge in [0, 0.05) is 13.0 Å². The lowest BCUT2D eigenvalue weighted by Gasteiger charge is -2.12. The molecule has 0 radical (unpaired) electrons. The van der Waals surface area contributed by atoms with Crippen LogP contribution in [-0.4, -0.2) is 19.0 Å². The van der Waals surface area contributed by atoms with Crippen LogP contribution in [-0.2, 0) is 4.79 Å². The molecule has 0 aromatic rings. The number of allylic oxidation sites excluding steroid dienone is 1. The van der Waals surface area contributed by atoms with Gasteiger partial charge in [-0.05, 0) is 51.5 Å². The molecule has 1 rings (SSSR count). The van der Waals surface area contributed by atoms with Crippen molar-refractivity contribution in [2.24, 2.45) is 5.73 Å². The van der Waals surface area contributed by atoms with Gasteiger partial charge in [0.2, 0.25) is 5.91 Å². The number of nitrogens with two attached hydrogens (primary N) is 1. The first-order valence-electron chi connectivity index (χ1n) is 7.47. The van der Waals surface area contributed by atoms with Gasteiger partial charge >= 0.3 is 0 Å². The molecule has 3 heteroatoms. The summed E-state index contributed by atoms with van der Waals surface area (Å²) in [4.78, 5) is 11.6. The third-order valence-electron chi connectivity index (χ3n) is 3.51. The van der Waals surface area contributed by atoms with Crippen LogP contribution in [0.4, 0.5) is 0 Å². The molecule has 0 unspecified atom stereocenters. The molecular weight excluding hydrogens is 224 g/mol. The van der Waals surface area contributed by atoms with Crippen molar-refractivity contribution in [3.05, 3.63) is 11.6 Å². The minimum Gasteiger partial charge on any atom is -0.356 e. The van der Waals surface area contributed by atoms with Crippen LogP contribution >= 0.6 is 0 Å². The third kappa shape index (κ3) is 7.49. The van der Waals surface area contributed by atoms with E-state index in [-0.39, 0.29) is 5.91 Å². The maximum atomic E-state index is 11.6. The van der Waals surface area contributed by atoms with Crippen molar-refractivity contribution in [3.63, 3.8) is 0 Å². The van der Waals surface area contributed by atoms with Crippen LogP contribution in [0.1, 0.15) is 64.2 Å². The van der Waals surface area contributed by atoms with Crippen molar-refractivity contribution in [2.45, 2.75) is 64.2 Å². The summed E-state index contributed by atoms with van der Waals surface area (Å²) >= 11 is 0. The SMILES string of the molecule is NCCCCCCC(=O)NCCC1=CCCCC1. The molecule has 1 amide bonds. The highest BCUT2D eigenvalue weighted by atomic mass is 16.1. The first kappa shape index (κ1) is 15.2. The lowest BCUT2D eigenvalue weighted by atomic mass is 9.97. The highest BCUT2D eigenvalue weighted by Crippen LogP contribution is 2.19. The molecule has 0 aromatic heterocycles. The Morgan fingerprint density at radius 2 is 2.06 bits per heavy atom. The lowest BCUT2D eigenvalue weighted by molar-refractivity contribution is -0.121. The van der Waals surface area contributed by atoms with E-state index in [0.717, 1.165) is 45.2 Å². The average Bonchev–Trinajstić information content (AvgIpc) is 2.40. The fourth-order valence-corrected chi connectivity index (χ4v) is 2.37. The van der Waals surface area contributed by atoms with E-state index in [1.54, 1.807) is 0 Å². The smallest absolute Gasteiger partial charge is 0.220 e. The molecular formula is C15H28N2O. The topological polar surface area (TPSA) is 55.1 Å². The maximum absolute atomic E-state index is 11.6. The largest absolute Gasteiger partial charge is 0.356 e. The zero-order valence-electron chi connectivity index (χ0n) is 11.5. The van der Waals surface area contributed by atoms with Crippen molar-refractivity contribution < 1.29 is 4.79 Å². The summed E-state index contributed by atoms with van der Waals surface area (Å²) < 4.78 is 0. The Kier molecular flexibility index (Phi) is 8.57. The van der Waals surface area contributed by atoms with Crippen molar-refractivity contribution >= 4 is 5.91 Å². The van der Waals surface area contributed by atoms with Crippen LogP contribution in [0.15, 0.2) is 11.6 Å². The highest BCUT2D eigenvalue weighted by Gasteiger charge is 2.04. The zero-order chi connectivity index (χ0) is 13.1. The number of rotatable bonds is 9. The van der Waals surface area contributed by atoms with Crippen LogP contribution in [0.25, 0.3) is 0 Å². The quantitative estimate of drug-likeness (QED) is 0.490. The second kappa shape index (κ2) is 10.1. The van der Waals surface area contributed by atoms with Crippen LogP contribution in [0, 0.1) is 0 Å². The number of nitrogens with one attached hydrogen (secondary N) is 1. The van der Waals surface area contributed by atoms with Gasteiger partial charge in [0.15, 0.2) is 0 Å². The Labute approximate surface area is 111 Å². The predicted molar refractivity (Wildman–Crippen MR) is 76.3 cm³/mol. The summed E-state index contributed by atoms with van der Waals surface area (Å²) in [6, 6.07) is 0. The molecule has 1 aliphatic carbocycles. The molecule has 0 saturated carbocycles. The molecule has 104 valence electrons. The summed E-state index contributed by atoms with van der Waals surface area (Å²) in [5, 5.41) is 3.02. The van der Waals surface area contributed by atoms with Gasteiger partial charge in [-0.1, -0.05) is 24.5 Å². The first-order chi connectivity index (χ1) is 8.83. The van der Waals surface area contributed by atoms with Crippen molar-refractivity contribution in [1.29, 1.82) is 0 Å². The first-order valence-corrected chi connectivity index (χ1v) is 7.47. The molecule has 0 aliphatic heterocycles. The molecule has 0 spiro atoms. The molecule has 18 heavy (non-hydrogen) atoms. The van der Waals surface area contributed by atoms with Crippen LogP contribution in [0.3, 0.4) is 0 Å². The molecule has 0 atom stereocenters. The molecule has 0 aromatic carbocycles. The number of carbonyl (C=O) groups is 1. The van der Waals surface area contributed by atoms with E-state index in [0.29, 0.717) is 6.42 Å². The van der Waals surface area contributed by atoms with E-state index in [2.05, 4.69) is 11.4 Å². The second-order valence-corrected chi connectivity index (χ2v) is 5.16. The third-order valence-corrected chi connectivity index (χ3v) is 3.51. The summed E-state index contributed by atoms with van der Waals surface area (Å²) in [5.74, 6) is 0.208. The molecule has 0 fully saturated rings. The summed E-state index contributed by atoms with van der Waals surface area (Å²) in [7, 11) is 0. The molecule has 3 N–H and O–H groups in total. The number of hydrogen-bond donors (Lipinski definition) is 2. The number of carbonyl (C=O) groups excluding carboxylic acids is 1. The Hall–Kier alpha value is -0.830. The standard InChI is InChI=1S/C15H28N2O/c16-12-7-2-1-6-10-15(18)17-13-11-14-8-4-3-5-9-14/h8H,1-7,9-13,16H2,(H,17,18). The summed E-state index contributed by atoms with van der Waals surface area (Å²) in [5.41, 5.74) is 6.95. The van der Waals surface area contributed by atoms with E-state index in [9.17, 15) is 4.79 Å². The van der Waals surface area contributed by atoms with E-state index in [1.165, 1.54) is 31.3 Å². The van der Waals surface area contributed by atoms with E-state index in [1.807, 2.05) is 0 Å². The normalized spacial score (nSPS) is 15.3. The molecule has 0 bridgehead atoms. The van der Waals surface area contributed by atoms with E-state index >= 15 is 0 Å². The molecule has 0 saturated heterocycles. The maximum Gasteiger partial charge on any atom is 0.220 e. The molecule has 1 aliphatic rings. The fraction of sp³-hybridized carbons (Fsp3) is 0.800. The lowest BCUT2D eigenvalue weighted by Crippen LogP contribution is -2.24.